The van der Waals surface area contributed by atoms with Gasteiger partial charge in [-0.1, -0.05) is 12.1 Å². The van der Waals surface area contributed by atoms with Crippen molar-refractivity contribution in [3.05, 3.63) is 29.8 Å². The predicted octanol–water partition coefficient (Wildman–Crippen LogP) is 0.112. The summed E-state index contributed by atoms with van der Waals surface area (Å²) in [4.78, 5) is 10.5. The van der Waals surface area contributed by atoms with Gasteiger partial charge in [0.2, 0.25) is 10.0 Å². The molecule has 0 aliphatic carbocycles. The third-order valence-corrected chi connectivity index (χ3v) is 4.01. The first-order valence-electron chi connectivity index (χ1n) is 4.65. The lowest BCUT2D eigenvalue weighted by Crippen LogP contribution is -2.29. The van der Waals surface area contributed by atoms with Crippen molar-refractivity contribution < 1.29 is 18.3 Å². The molecule has 0 aliphatic rings. The average Bonchev–Trinajstić information content (AvgIpc) is 2.29. The number of hydrogen-bond donors (Lipinski definition) is 1. The molecule has 0 radical (unpaired) electrons. The van der Waals surface area contributed by atoms with Gasteiger partial charge in [0.05, 0.1) is 11.5 Å². The molecule has 0 spiro atoms. The van der Waals surface area contributed by atoms with Crippen molar-refractivity contribution in [3.63, 3.8) is 0 Å². The Balaban J connectivity index is 3.02. The molecule has 0 amide bonds. The molecule has 0 heterocycles. The average molecular weight is 243 g/mol. The quantitative estimate of drug-likeness (QED) is 0.745. The van der Waals surface area contributed by atoms with E-state index in [1.54, 1.807) is 0 Å². The van der Waals surface area contributed by atoms with Gasteiger partial charge < -0.3 is 5.11 Å². The summed E-state index contributed by atoms with van der Waals surface area (Å²) in [5, 5.41) is 8.68. The van der Waals surface area contributed by atoms with Crippen molar-refractivity contribution in [2.45, 2.75) is 4.90 Å². The van der Waals surface area contributed by atoms with E-state index in [1.807, 2.05) is 0 Å². The number of aldehydes is 1. The van der Waals surface area contributed by atoms with Crippen LogP contribution in [0.1, 0.15) is 10.4 Å². The molecule has 1 N–H and O–H groups in total. The van der Waals surface area contributed by atoms with Crippen LogP contribution in [0, 0.1) is 0 Å². The Labute approximate surface area is 94.4 Å². The van der Waals surface area contributed by atoms with Gasteiger partial charge >= 0.3 is 0 Å². The Kier molecular flexibility index (Phi) is 4.17. The molecule has 1 aromatic carbocycles. The molecule has 1 rings (SSSR count). The van der Waals surface area contributed by atoms with Gasteiger partial charge in [-0.15, -0.1) is 0 Å². The fourth-order valence-corrected chi connectivity index (χ4v) is 2.32. The van der Waals surface area contributed by atoms with Gasteiger partial charge in [-0.3, -0.25) is 4.79 Å². The predicted molar refractivity (Wildman–Crippen MR) is 58.7 cm³/mol. The third kappa shape index (κ3) is 2.66. The molecule has 5 nitrogen and oxygen atoms in total. The van der Waals surface area contributed by atoms with Gasteiger partial charge in [0.15, 0.2) is 0 Å². The number of aliphatic hydroxyl groups is 1. The van der Waals surface area contributed by atoms with Crippen LogP contribution in [0.2, 0.25) is 0 Å². The van der Waals surface area contributed by atoms with E-state index in [4.69, 9.17) is 5.11 Å². The third-order valence-electron chi connectivity index (χ3n) is 2.14. The van der Waals surface area contributed by atoms with Crippen LogP contribution in [0.25, 0.3) is 0 Å². The van der Waals surface area contributed by atoms with Crippen molar-refractivity contribution >= 4 is 16.3 Å². The zero-order chi connectivity index (χ0) is 12.2. The van der Waals surface area contributed by atoms with Gasteiger partial charge in [-0.2, -0.15) is 4.31 Å². The summed E-state index contributed by atoms with van der Waals surface area (Å²) in [5.74, 6) is 0. The summed E-state index contributed by atoms with van der Waals surface area (Å²) in [6.07, 6.45) is 0.647. The van der Waals surface area contributed by atoms with Crippen LogP contribution in [0.5, 0.6) is 0 Å². The minimum Gasteiger partial charge on any atom is -0.395 e. The van der Waals surface area contributed by atoms with Gasteiger partial charge in [0, 0.05) is 19.2 Å². The Morgan fingerprint density at radius 3 is 2.31 bits per heavy atom. The van der Waals surface area contributed by atoms with Crippen molar-refractivity contribution in [1.29, 1.82) is 0 Å². The van der Waals surface area contributed by atoms with Gasteiger partial charge in [0.25, 0.3) is 0 Å². The van der Waals surface area contributed by atoms with E-state index < -0.39 is 10.0 Å². The first kappa shape index (κ1) is 12.8. The van der Waals surface area contributed by atoms with Crippen LogP contribution in [0.15, 0.2) is 29.2 Å². The highest BCUT2D eigenvalue weighted by Crippen LogP contribution is 2.14. The van der Waals surface area contributed by atoms with E-state index in [0.717, 1.165) is 4.31 Å². The summed E-state index contributed by atoms with van der Waals surface area (Å²) in [6.45, 7) is -0.195. The second-order valence-electron chi connectivity index (χ2n) is 3.24. The fraction of sp³-hybridized carbons (Fsp3) is 0.300. The summed E-state index contributed by atoms with van der Waals surface area (Å²) in [5.41, 5.74) is 0.420. The molecule has 0 fully saturated rings. The van der Waals surface area contributed by atoms with Crippen molar-refractivity contribution in [3.8, 4) is 0 Å². The second kappa shape index (κ2) is 5.20. The van der Waals surface area contributed by atoms with E-state index in [1.165, 1.54) is 31.3 Å². The van der Waals surface area contributed by atoms with Crippen molar-refractivity contribution in [1.82, 2.24) is 4.31 Å². The highest BCUT2D eigenvalue weighted by atomic mass is 32.2. The normalized spacial score (nSPS) is 11.7. The van der Waals surface area contributed by atoms with Gasteiger partial charge in [0.1, 0.15) is 6.29 Å². The zero-order valence-corrected chi connectivity index (χ0v) is 9.64. The summed E-state index contributed by atoms with van der Waals surface area (Å²) >= 11 is 0. The number of nitrogens with zero attached hydrogens (tertiary/aromatic N) is 1. The maximum atomic E-state index is 11.8. The van der Waals surface area contributed by atoms with Crippen LogP contribution in [0.3, 0.4) is 0 Å². The Morgan fingerprint density at radius 1 is 1.31 bits per heavy atom. The fourth-order valence-electron chi connectivity index (χ4n) is 1.16. The van der Waals surface area contributed by atoms with Crippen molar-refractivity contribution in [2.75, 3.05) is 20.2 Å². The lowest BCUT2D eigenvalue weighted by atomic mass is 10.2. The molecular weight excluding hydrogens is 230 g/mol. The summed E-state index contributed by atoms with van der Waals surface area (Å²) < 4.78 is 24.8. The van der Waals surface area contributed by atoms with Gasteiger partial charge in [-0.05, 0) is 12.1 Å². The Hall–Kier alpha value is -1.24. The summed E-state index contributed by atoms with van der Waals surface area (Å²) in [7, 11) is -2.18. The van der Waals surface area contributed by atoms with Crippen LogP contribution >= 0.6 is 0 Å². The minimum atomic E-state index is -3.57. The number of likely N-dealkylation sites (N-methyl/N-ethyl adjacent to an activating group) is 1. The molecule has 6 heteroatoms. The van der Waals surface area contributed by atoms with E-state index in [9.17, 15) is 13.2 Å². The van der Waals surface area contributed by atoms with Crippen molar-refractivity contribution in [2.24, 2.45) is 0 Å². The Bertz CT molecular complexity index is 452. The zero-order valence-electron chi connectivity index (χ0n) is 8.83. The summed E-state index contributed by atoms with van der Waals surface area (Å²) in [6, 6.07) is 5.61. The monoisotopic (exact) mass is 243 g/mol. The maximum absolute atomic E-state index is 11.8. The van der Waals surface area contributed by atoms with Crippen LogP contribution in [0.4, 0.5) is 0 Å². The van der Waals surface area contributed by atoms with Gasteiger partial charge in [-0.25, -0.2) is 8.42 Å². The molecule has 0 aromatic heterocycles. The minimum absolute atomic E-state index is 0.0394. The number of carbonyl (C=O) groups excluding carboxylic acids is 1. The largest absolute Gasteiger partial charge is 0.395 e. The molecule has 16 heavy (non-hydrogen) atoms. The number of sulfonamides is 1. The van der Waals surface area contributed by atoms with E-state index in [2.05, 4.69) is 0 Å². The molecule has 0 atom stereocenters. The molecular formula is C10H13NO4S. The molecule has 1 aromatic rings. The smallest absolute Gasteiger partial charge is 0.242 e. The maximum Gasteiger partial charge on any atom is 0.242 e. The lowest BCUT2D eigenvalue weighted by Gasteiger charge is -2.15. The first-order chi connectivity index (χ1) is 7.52. The lowest BCUT2D eigenvalue weighted by molar-refractivity contribution is 0.112. The van der Waals surface area contributed by atoms with E-state index in [-0.39, 0.29) is 18.0 Å². The second-order valence-corrected chi connectivity index (χ2v) is 5.28. The number of benzene rings is 1. The van der Waals surface area contributed by atoms with E-state index in [0.29, 0.717) is 11.8 Å². The van der Waals surface area contributed by atoms with Crippen LogP contribution in [-0.4, -0.2) is 44.3 Å². The standard InChI is InChI=1S/C10H13NO4S/c1-11(6-7-12)16(14,15)10-4-2-9(8-13)3-5-10/h2-5,8,12H,6-7H2,1H3. The molecule has 0 saturated carbocycles. The van der Waals surface area contributed by atoms with E-state index >= 15 is 0 Å². The highest BCUT2D eigenvalue weighted by molar-refractivity contribution is 7.89. The topological polar surface area (TPSA) is 74.7 Å². The molecule has 0 unspecified atom stereocenters. The molecule has 0 aliphatic heterocycles. The van der Waals surface area contributed by atoms with Crippen LogP contribution < -0.4 is 0 Å². The first-order valence-corrected chi connectivity index (χ1v) is 6.09. The highest BCUT2D eigenvalue weighted by Gasteiger charge is 2.19. The SMILES string of the molecule is CN(CCO)S(=O)(=O)c1ccc(C=O)cc1. The number of carbonyl (C=O) groups is 1. The Morgan fingerprint density at radius 2 is 1.88 bits per heavy atom. The number of rotatable bonds is 5. The molecule has 0 bridgehead atoms. The number of hydrogen-bond acceptors (Lipinski definition) is 4. The van der Waals surface area contributed by atoms with Crippen LogP contribution in [-0.2, 0) is 10.0 Å². The molecule has 88 valence electrons. The molecule has 0 saturated heterocycles. The number of aliphatic hydroxyl groups excluding tert-OH is 1.